The Morgan fingerprint density at radius 3 is 2.68 bits per heavy atom. The molecule has 0 bridgehead atoms. The van der Waals surface area contributed by atoms with Gasteiger partial charge in [-0.15, -0.1) is 0 Å². The number of nitrogens with zero attached hydrogens (tertiary/aromatic N) is 1. The number of hydrogen-bond donors (Lipinski definition) is 2. The molecular weight excluding hydrogens is 266 g/mol. The molecule has 0 spiro atoms. The lowest BCUT2D eigenvalue weighted by atomic mass is 10.2. The Balaban J connectivity index is 2.16. The van der Waals surface area contributed by atoms with Gasteiger partial charge in [-0.05, 0) is 19.8 Å². The zero-order valence-corrected chi connectivity index (χ0v) is 12.2. The summed E-state index contributed by atoms with van der Waals surface area (Å²) in [4.78, 5) is 12.0. The summed E-state index contributed by atoms with van der Waals surface area (Å²) in [5, 5.41) is 5.53. The van der Waals surface area contributed by atoms with Gasteiger partial charge in [-0.25, -0.2) is 8.42 Å². The predicted molar refractivity (Wildman–Crippen MR) is 73.2 cm³/mol. The van der Waals surface area contributed by atoms with Crippen LogP contribution >= 0.6 is 0 Å². The van der Waals surface area contributed by atoms with Gasteiger partial charge < -0.3 is 10.6 Å². The molecule has 1 aliphatic heterocycles. The van der Waals surface area contributed by atoms with Gasteiger partial charge in [0, 0.05) is 26.2 Å². The molecule has 7 heteroatoms. The zero-order valence-electron chi connectivity index (χ0n) is 11.4. The number of likely N-dealkylation sites (N-methyl/N-ethyl adjacent to an activating group) is 1. The zero-order chi connectivity index (χ0) is 13.9. The van der Waals surface area contributed by atoms with Crippen LogP contribution in [0.15, 0.2) is 0 Å². The average Bonchev–Trinajstić information content (AvgIpc) is 2.93. The molecule has 6 nitrogen and oxygen atoms in total. The quantitative estimate of drug-likeness (QED) is 0.743. The molecule has 1 heterocycles. The minimum absolute atomic E-state index is 0.198. The lowest BCUT2D eigenvalue weighted by Crippen LogP contribution is -2.60. The fourth-order valence-corrected chi connectivity index (χ4v) is 5.07. The highest BCUT2D eigenvalue weighted by Crippen LogP contribution is 2.28. The molecule has 1 amide bonds. The van der Waals surface area contributed by atoms with Crippen molar-refractivity contribution in [1.82, 2.24) is 14.9 Å². The van der Waals surface area contributed by atoms with Gasteiger partial charge in [-0.2, -0.15) is 4.31 Å². The third-order valence-corrected chi connectivity index (χ3v) is 6.30. The Kier molecular flexibility index (Phi) is 4.81. The van der Waals surface area contributed by atoms with Crippen LogP contribution in [0.1, 0.15) is 32.6 Å². The Bertz CT molecular complexity index is 418. The van der Waals surface area contributed by atoms with Gasteiger partial charge in [0.15, 0.2) is 0 Å². The Morgan fingerprint density at radius 2 is 2.05 bits per heavy atom. The molecule has 0 radical (unpaired) electrons. The molecule has 2 N–H and O–H groups in total. The van der Waals surface area contributed by atoms with Crippen LogP contribution in [0.2, 0.25) is 0 Å². The van der Waals surface area contributed by atoms with Gasteiger partial charge in [0.1, 0.15) is 6.04 Å². The van der Waals surface area contributed by atoms with Crippen LogP contribution < -0.4 is 10.6 Å². The van der Waals surface area contributed by atoms with E-state index < -0.39 is 16.1 Å². The van der Waals surface area contributed by atoms with Crippen molar-refractivity contribution in [3.05, 3.63) is 0 Å². The van der Waals surface area contributed by atoms with E-state index in [1.54, 1.807) is 0 Å². The Labute approximate surface area is 115 Å². The predicted octanol–water partition coefficient (Wildman–Crippen LogP) is -0.331. The van der Waals surface area contributed by atoms with E-state index >= 15 is 0 Å². The standard InChI is InChI=1S/C12H23N3O3S/c1-2-14-12(16)11-9-13-7-8-15(11)19(17,18)10-5-3-4-6-10/h10-11,13H,2-9H2,1H3,(H,14,16). The summed E-state index contributed by atoms with van der Waals surface area (Å²) in [5.41, 5.74) is 0. The second-order valence-corrected chi connectivity index (χ2v) is 7.34. The molecule has 1 aliphatic carbocycles. The highest BCUT2D eigenvalue weighted by Gasteiger charge is 2.41. The minimum Gasteiger partial charge on any atom is -0.355 e. The molecule has 0 aromatic rings. The van der Waals surface area contributed by atoms with E-state index in [9.17, 15) is 13.2 Å². The molecule has 19 heavy (non-hydrogen) atoms. The SMILES string of the molecule is CCNC(=O)C1CNCCN1S(=O)(=O)C1CCCC1. The highest BCUT2D eigenvalue weighted by molar-refractivity contribution is 7.89. The third-order valence-electron chi connectivity index (χ3n) is 3.90. The number of rotatable bonds is 4. The van der Waals surface area contributed by atoms with E-state index in [2.05, 4.69) is 10.6 Å². The number of amides is 1. The van der Waals surface area contributed by atoms with Gasteiger partial charge in [0.2, 0.25) is 15.9 Å². The molecule has 0 aromatic carbocycles. The summed E-state index contributed by atoms with van der Waals surface area (Å²) < 4.78 is 26.7. The molecule has 110 valence electrons. The van der Waals surface area contributed by atoms with E-state index in [0.29, 0.717) is 26.2 Å². The van der Waals surface area contributed by atoms with E-state index in [1.165, 1.54) is 4.31 Å². The second kappa shape index (κ2) is 6.19. The third kappa shape index (κ3) is 3.09. The second-order valence-electron chi connectivity index (χ2n) is 5.18. The smallest absolute Gasteiger partial charge is 0.239 e. The van der Waals surface area contributed by atoms with Crippen LogP contribution in [-0.4, -0.2) is 56.1 Å². The van der Waals surface area contributed by atoms with Crippen molar-refractivity contribution in [3.8, 4) is 0 Å². The van der Waals surface area contributed by atoms with Gasteiger partial charge in [-0.3, -0.25) is 4.79 Å². The van der Waals surface area contributed by atoms with E-state index in [1.807, 2.05) is 6.92 Å². The van der Waals surface area contributed by atoms with Gasteiger partial charge in [-0.1, -0.05) is 12.8 Å². The molecule has 1 atom stereocenters. The van der Waals surface area contributed by atoms with E-state index in [0.717, 1.165) is 25.7 Å². The monoisotopic (exact) mass is 289 g/mol. The van der Waals surface area contributed by atoms with Crippen molar-refractivity contribution < 1.29 is 13.2 Å². The fourth-order valence-electron chi connectivity index (χ4n) is 2.88. The van der Waals surface area contributed by atoms with Crippen molar-refractivity contribution in [2.24, 2.45) is 0 Å². The number of carbonyl (C=O) groups is 1. The summed E-state index contributed by atoms with van der Waals surface area (Å²) in [6, 6.07) is -0.598. The Hall–Kier alpha value is -0.660. The van der Waals surface area contributed by atoms with Crippen LogP contribution in [-0.2, 0) is 14.8 Å². The van der Waals surface area contributed by atoms with Gasteiger partial charge in [0.25, 0.3) is 0 Å². The first kappa shape index (κ1) is 14.7. The van der Waals surface area contributed by atoms with Crippen molar-refractivity contribution in [2.75, 3.05) is 26.2 Å². The van der Waals surface area contributed by atoms with Gasteiger partial charge >= 0.3 is 0 Å². The number of nitrogens with one attached hydrogen (secondary N) is 2. The number of sulfonamides is 1. The number of hydrogen-bond acceptors (Lipinski definition) is 4. The van der Waals surface area contributed by atoms with Crippen LogP contribution in [0.4, 0.5) is 0 Å². The summed E-state index contributed by atoms with van der Waals surface area (Å²) >= 11 is 0. The molecule has 1 saturated carbocycles. The largest absolute Gasteiger partial charge is 0.355 e. The van der Waals surface area contributed by atoms with Crippen LogP contribution in [0.5, 0.6) is 0 Å². The van der Waals surface area contributed by atoms with Crippen molar-refractivity contribution >= 4 is 15.9 Å². The van der Waals surface area contributed by atoms with E-state index in [4.69, 9.17) is 0 Å². The van der Waals surface area contributed by atoms with Crippen molar-refractivity contribution in [1.29, 1.82) is 0 Å². The minimum atomic E-state index is -3.34. The molecular formula is C12H23N3O3S. The lowest BCUT2D eigenvalue weighted by Gasteiger charge is -2.35. The van der Waals surface area contributed by atoms with Crippen LogP contribution in [0, 0.1) is 0 Å². The van der Waals surface area contributed by atoms with Crippen molar-refractivity contribution in [2.45, 2.75) is 43.9 Å². The van der Waals surface area contributed by atoms with Gasteiger partial charge in [0.05, 0.1) is 5.25 Å². The lowest BCUT2D eigenvalue weighted by molar-refractivity contribution is -0.125. The fraction of sp³-hybridized carbons (Fsp3) is 0.917. The summed E-state index contributed by atoms with van der Waals surface area (Å²) in [6.45, 7) is 3.76. The first-order valence-corrected chi connectivity index (χ1v) is 8.56. The van der Waals surface area contributed by atoms with Crippen LogP contribution in [0.25, 0.3) is 0 Å². The summed E-state index contributed by atoms with van der Waals surface area (Å²) in [5.74, 6) is -0.198. The molecule has 2 aliphatic rings. The first-order valence-electron chi connectivity index (χ1n) is 7.06. The molecule has 2 fully saturated rings. The molecule has 1 unspecified atom stereocenters. The van der Waals surface area contributed by atoms with Crippen molar-refractivity contribution in [3.63, 3.8) is 0 Å². The van der Waals surface area contributed by atoms with Crippen LogP contribution in [0.3, 0.4) is 0 Å². The first-order chi connectivity index (χ1) is 9.07. The Morgan fingerprint density at radius 1 is 1.37 bits per heavy atom. The maximum absolute atomic E-state index is 12.6. The van der Waals surface area contributed by atoms with E-state index in [-0.39, 0.29) is 11.2 Å². The molecule has 1 saturated heterocycles. The molecule has 0 aromatic heterocycles. The average molecular weight is 289 g/mol. The normalized spacial score (nSPS) is 26.5. The maximum atomic E-state index is 12.6. The topological polar surface area (TPSA) is 78.5 Å². The number of piperazine rings is 1. The molecule has 2 rings (SSSR count). The highest BCUT2D eigenvalue weighted by atomic mass is 32.2. The summed E-state index contributed by atoms with van der Waals surface area (Å²) in [6.07, 6.45) is 3.41. The summed E-state index contributed by atoms with van der Waals surface area (Å²) in [7, 11) is -3.34. The maximum Gasteiger partial charge on any atom is 0.239 e. The number of carbonyl (C=O) groups excluding carboxylic acids is 1.